The second-order valence-corrected chi connectivity index (χ2v) is 9.49. The highest BCUT2D eigenvalue weighted by Gasteiger charge is 2.34. The van der Waals surface area contributed by atoms with Crippen molar-refractivity contribution in [2.45, 2.75) is 31.1 Å². The second-order valence-electron chi connectivity index (χ2n) is 7.62. The number of benzene rings is 2. The van der Waals surface area contributed by atoms with Crippen LogP contribution < -0.4 is 10.1 Å². The van der Waals surface area contributed by atoms with Gasteiger partial charge in [0.15, 0.2) is 0 Å². The highest BCUT2D eigenvalue weighted by atomic mass is 32.2. The number of rotatable bonds is 10. The zero-order valence-corrected chi connectivity index (χ0v) is 19.3. The molecule has 9 heteroatoms. The topological polar surface area (TPSA) is 103 Å². The Morgan fingerprint density at radius 1 is 1.16 bits per heavy atom. The Labute approximate surface area is 189 Å². The summed E-state index contributed by atoms with van der Waals surface area (Å²) in [6.07, 6.45) is 2.50. The van der Waals surface area contributed by atoms with Crippen LogP contribution in [-0.2, 0) is 16.4 Å². The van der Waals surface area contributed by atoms with E-state index in [2.05, 4.69) is 12.2 Å². The molecule has 2 aromatic rings. The van der Waals surface area contributed by atoms with Gasteiger partial charge in [-0.25, -0.2) is 12.7 Å². The number of carbonyl (C=O) groups is 1. The van der Waals surface area contributed by atoms with Crippen molar-refractivity contribution in [3.05, 3.63) is 59.7 Å². The highest BCUT2D eigenvalue weighted by Crippen LogP contribution is 2.21. The maximum absolute atomic E-state index is 13.0. The predicted molar refractivity (Wildman–Crippen MR) is 124 cm³/mol. The summed E-state index contributed by atoms with van der Waals surface area (Å²) in [7, 11) is -2.20. The van der Waals surface area contributed by atoms with Crippen LogP contribution in [0.15, 0.2) is 53.4 Å². The molecule has 32 heavy (non-hydrogen) atoms. The Kier molecular flexibility index (Phi) is 7.74. The Morgan fingerprint density at radius 3 is 2.59 bits per heavy atom. The van der Waals surface area contributed by atoms with E-state index < -0.39 is 10.0 Å². The minimum Gasteiger partial charge on any atom is -0.497 e. The summed E-state index contributed by atoms with van der Waals surface area (Å²) in [4.78, 5) is 14.3. The lowest BCUT2D eigenvalue weighted by Gasteiger charge is -2.21. The summed E-state index contributed by atoms with van der Waals surface area (Å²) in [5, 5.41) is 11.1. The third-order valence-corrected chi connectivity index (χ3v) is 7.24. The minimum absolute atomic E-state index is 0.0442. The van der Waals surface area contributed by atoms with Gasteiger partial charge in [0.05, 0.1) is 18.6 Å². The van der Waals surface area contributed by atoms with Gasteiger partial charge in [-0.3, -0.25) is 10.2 Å². The van der Waals surface area contributed by atoms with Crippen molar-refractivity contribution in [1.82, 2.24) is 14.5 Å². The van der Waals surface area contributed by atoms with Crippen LogP contribution in [0.5, 0.6) is 5.75 Å². The normalized spacial score (nSPS) is 14.0. The number of unbranched alkanes of at least 4 members (excludes halogenated alkanes) is 1. The molecule has 1 fully saturated rings. The molecular weight excluding hydrogens is 428 g/mol. The van der Waals surface area contributed by atoms with Gasteiger partial charge < -0.3 is 15.0 Å². The molecule has 1 heterocycles. The van der Waals surface area contributed by atoms with Crippen molar-refractivity contribution in [2.24, 2.45) is 0 Å². The van der Waals surface area contributed by atoms with Crippen molar-refractivity contribution in [1.29, 1.82) is 5.41 Å². The van der Waals surface area contributed by atoms with Crippen LogP contribution in [-0.4, -0.2) is 62.8 Å². The van der Waals surface area contributed by atoms with E-state index in [0.29, 0.717) is 43.9 Å². The molecule has 0 saturated carbocycles. The van der Waals surface area contributed by atoms with Crippen LogP contribution in [0.3, 0.4) is 0 Å². The summed E-state index contributed by atoms with van der Waals surface area (Å²) in [5.41, 5.74) is 1.43. The lowest BCUT2D eigenvalue weighted by atomic mass is 10.1. The van der Waals surface area contributed by atoms with Crippen LogP contribution in [0.2, 0.25) is 0 Å². The number of hydrogen-bond donors (Lipinski definition) is 2. The molecule has 0 spiro atoms. The van der Waals surface area contributed by atoms with Gasteiger partial charge >= 0.3 is 0 Å². The standard InChI is InChI=1S/C23H30N4O4S/c1-3-4-14-26-15-16-27(23(26)24)32(29,30)21-10-8-18(9-11-21)12-13-25-22(28)19-6-5-7-20(17-19)31-2/h5-11,17,24H,3-4,12-16H2,1-2H3,(H,25,28). The fourth-order valence-electron chi connectivity index (χ4n) is 3.52. The van der Waals surface area contributed by atoms with Crippen LogP contribution in [0.1, 0.15) is 35.7 Å². The van der Waals surface area contributed by atoms with Crippen LogP contribution in [0, 0.1) is 5.41 Å². The largest absolute Gasteiger partial charge is 0.497 e. The van der Waals surface area contributed by atoms with Crippen molar-refractivity contribution >= 4 is 21.9 Å². The number of hydrogen-bond acceptors (Lipinski definition) is 5. The summed E-state index contributed by atoms with van der Waals surface area (Å²) in [6.45, 7) is 4.03. The highest BCUT2D eigenvalue weighted by molar-refractivity contribution is 7.89. The lowest BCUT2D eigenvalue weighted by molar-refractivity contribution is 0.0953. The molecule has 0 aliphatic carbocycles. The van der Waals surface area contributed by atoms with Crippen molar-refractivity contribution in [3.63, 3.8) is 0 Å². The molecule has 1 saturated heterocycles. The molecule has 2 aromatic carbocycles. The first-order chi connectivity index (χ1) is 15.4. The summed E-state index contributed by atoms with van der Waals surface area (Å²) in [6, 6.07) is 13.6. The van der Waals surface area contributed by atoms with Crippen molar-refractivity contribution < 1.29 is 17.9 Å². The molecule has 0 bridgehead atoms. The van der Waals surface area contributed by atoms with Gasteiger partial charge in [-0.2, -0.15) is 0 Å². The number of sulfonamides is 1. The smallest absolute Gasteiger partial charge is 0.266 e. The Hall–Kier alpha value is -3.07. The monoisotopic (exact) mass is 458 g/mol. The van der Waals surface area contributed by atoms with E-state index in [4.69, 9.17) is 10.1 Å². The average Bonchev–Trinajstić information content (AvgIpc) is 3.19. The molecule has 0 aromatic heterocycles. The molecule has 1 aliphatic heterocycles. The van der Waals surface area contributed by atoms with E-state index in [0.717, 1.165) is 18.4 Å². The van der Waals surface area contributed by atoms with E-state index in [9.17, 15) is 13.2 Å². The van der Waals surface area contributed by atoms with Gasteiger partial charge in [-0.15, -0.1) is 0 Å². The first-order valence-corrected chi connectivity index (χ1v) is 12.2. The first-order valence-electron chi connectivity index (χ1n) is 10.7. The minimum atomic E-state index is -3.75. The molecule has 8 nitrogen and oxygen atoms in total. The van der Waals surface area contributed by atoms with Gasteiger partial charge in [0.25, 0.3) is 15.9 Å². The molecular formula is C23H30N4O4S. The second kappa shape index (κ2) is 10.5. The molecule has 3 rings (SSSR count). The maximum atomic E-state index is 13.0. The molecule has 0 radical (unpaired) electrons. The summed E-state index contributed by atoms with van der Waals surface area (Å²) < 4.78 is 32.3. The van der Waals surface area contributed by atoms with Crippen LogP contribution >= 0.6 is 0 Å². The number of guanidine groups is 1. The summed E-state index contributed by atoms with van der Waals surface area (Å²) >= 11 is 0. The zero-order valence-electron chi connectivity index (χ0n) is 18.5. The van der Waals surface area contributed by atoms with Crippen molar-refractivity contribution in [2.75, 3.05) is 33.3 Å². The fourth-order valence-corrected chi connectivity index (χ4v) is 4.92. The molecule has 172 valence electrons. The number of ether oxygens (including phenoxy) is 1. The number of nitrogens with one attached hydrogen (secondary N) is 2. The maximum Gasteiger partial charge on any atom is 0.266 e. The molecule has 1 amide bonds. The zero-order chi connectivity index (χ0) is 23.1. The van der Waals surface area contributed by atoms with Crippen molar-refractivity contribution in [3.8, 4) is 5.75 Å². The van der Waals surface area contributed by atoms with Gasteiger partial charge in [-0.05, 0) is 48.7 Å². The number of methoxy groups -OCH3 is 1. The van der Waals surface area contributed by atoms with E-state index >= 15 is 0 Å². The van der Waals surface area contributed by atoms with Crippen LogP contribution in [0.4, 0.5) is 0 Å². The third-order valence-electron chi connectivity index (χ3n) is 5.43. The SMILES string of the molecule is CCCCN1CCN(S(=O)(=O)c2ccc(CCNC(=O)c3cccc(OC)c3)cc2)C1=N. The molecule has 0 unspecified atom stereocenters. The summed E-state index contributed by atoms with van der Waals surface area (Å²) in [5.74, 6) is 0.472. The molecule has 0 atom stereocenters. The average molecular weight is 459 g/mol. The van der Waals surface area contributed by atoms with E-state index in [-0.39, 0.29) is 16.8 Å². The van der Waals surface area contributed by atoms with Crippen LogP contribution in [0.25, 0.3) is 0 Å². The van der Waals surface area contributed by atoms with E-state index in [1.165, 1.54) is 4.31 Å². The van der Waals surface area contributed by atoms with Gasteiger partial charge in [0, 0.05) is 25.2 Å². The number of amides is 1. The molecule has 1 aliphatic rings. The fraction of sp³-hybridized carbons (Fsp3) is 0.391. The first kappa shape index (κ1) is 23.6. The quantitative estimate of drug-likeness (QED) is 0.570. The van der Waals surface area contributed by atoms with Gasteiger partial charge in [0.1, 0.15) is 5.75 Å². The van der Waals surface area contributed by atoms with E-state index in [1.54, 1.807) is 60.5 Å². The molecule has 2 N–H and O–H groups in total. The van der Waals surface area contributed by atoms with Gasteiger partial charge in [0.2, 0.25) is 5.96 Å². The number of nitrogens with zero attached hydrogens (tertiary/aromatic N) is 2. The Bertz CT molecular complexity index is 1050. The number of carbonyl (C=O) groups excluding carboxylic acids is 1. The van der Waals surface area contributed by atoms with Gasteiger partial charge in [-0.1, -0.05) is 31.5 Å². The predicted octanol–water partition coefficient (Wildman–Crippen LogP) is 2.71. The Balaban J connectivity index is 1.56. The lowest BCUT2D eigenvalue weighted by Crippen LogP contribution is -2.37. The third kappa shape index (κ3) is 5.40. The van der Waals surface area contributed by atoms with E-state index in [1.807, 2.05) is 0 Å². The Morgan fingerprint density at radius 2 is 1.91 bits per heavy atom.